The molecule has 0 fully saturated rings. The molecule has 0 aliphatic heterocycles. The van der Waals surface area contributed by atoms with Gasteiger partial charge in [0.1, 0.15) is 0 Å². The molecule has 1 unspecified atom stereocenters. The number of aryl methyl sites for hydroxylation is 1. The number of aliphatic imine (C=N–C) groups is 1. The van der Waals surface area contributed by atoms with Gasteiger partial charge in [0.05, 0.1) is 5.70 Å². The number of allylic oxidation sites excluding steroid dienone is 7. The maximum atomic E-state index is 4.60. The Bertz CT molecular complexity index is 759. The van der Waals surface area contributed by atoms with Crippen LogP contribution in [0.3, 0.4) is 0 Å². The Balaban J connectivity index is 2.13. The Morgan fingerprint density at radius 3 is 2.86 bits per heavy atom. The molecule has 1 aliphatic carbocycles. The second kappa shape index (κ2) is 7.78. The molecule has 2 nitrogen and oxygen atoms in total. The average Bonchev–Trinajstić information content (AvgIpc) is 2.83. The lowest BCUT2D eigenvalue weighted by Crippen LogP contribution is -1.86. The van der Waals surface area contributed by atoms with E-state index in [0.29, 0.717) is 0 Å². The van der Waals surface area contributed by atoms with Crippen molar-refractivity contribution in [1.29, 1.82) is 0 Å². The lowest BCUT2D eigenvalue weighted by atomic mass is 10.1. The Morgan fingerprint density at radius 1 is 1.36 bits per heavy atom. The van der Waals surface area contributed by atoms with E-state index in [9.17, 15) is 0 Å². The number of rotatable bonds is 2. The van der Waals surface area contributed by atoms with Gasteiger partial charge in [0, 0.05) is 23.5 Å². The molecule has 0 saturated carbocycles. The van der Waals surface area contributed by atoms with Gasteiger partial charge < -0.3 is 0 Å². The predicted molar refractivity (Wildman–Crippen MR) is 97.3 cm³/mol. The number of hydrogen-bond donors (Lipinski definition) is 0. The van der Waals surface area contributed by atoms with Crippen molar-refractivity contribution in [2.45, 2.75) is 27.2 Å². The molecule has 0 saturated heterocycles. The second-order valence-electron chi connectivity index (χ2n) is 5.26. The van der Waals surface area contributed by atoms with Crippen LogP contribution in [0.5, 0.6) is 0 Å². The summed E-state index contributed by atoms with van der Waals surface area (Å²) in [6.45, 7) is 8.31. The SMILES string of the molecule is C/C=C(\C#Cc1cnp(C)c1)C=NC1=CCC=C(C)C=C1C. The molecule has 2 rings (SSSR count). The first-order valence-electron chi connectivity index (χ1n) is 7.35. The third kappa shape index (κ3) is 4.72. The average molecular weight is 308 g/mol. The molecule has 1 atom stereocenters. The van der Waals surface area contributed by atoms with Crippen LogP contribution in [-0.4, -0.2) is 11.0 Å². The van der Waals surface area contributed by atoms with Crippen molar-refractivity contribution < 1.29 is 0 Å². The second-order valence-corrected chi connectivity index (χ2v) is 6.89. The summed E-state index contributed by atoms with van der Waals surface area (Å²) in [6, 6.07) is 0. The molecule has 0 N–H and O–H groups in total. The molecule has 3 heteroatoms. The van der Waals surface area contributed by atoms with Crippen LogP contribution in [0.4, 0.5) is 0 Å². The van der Waals surface area contributed by atoms with Gasteiger partial charge in [-0.15, -0.1) is 0 Å². The third-order valence-electron chi connectivity index (χ3n) is 3.31. The van der Waals surface area contributed by atoms with Gasteiger partial charge in [-0.2, -0.15) is 0 Å². The molecule has 1 aromatic heterocycles. The van der Waals surface area contributed by atoms with Gasteiger partial charge >= 0.3 is 0 Å². The van der Waals surface area contributed by atoms with E-state index >= 15 is 0 Å². The largest absolute Gasteiger partial charge is 0.256 e. The Labute approximate surface area is 134 Å². The highest BCUT2D eigenvalue weighted by atomic mass is 31.1. The summed E-state index contributed by atoms with van der Waals surface area (Å²) in [5.41, 5.74) is 5.42. The van der Waals surface area contributed by atoms with E-state index in [0.717, 1.165) is 23.3 Å². The van der Waals surface area contributed by atoms with E-state index in [1.807, 2.05) is 25.4 Å². The first-order chi connectivity index (χ1) is 10.6. The molecule has 0 bridgehead atoms. The summed E-state index contributed by atoms with van der Waals surface area (Å²) >= 11 is 0. The van der Waals surface area contributed by atoms with E-state index in [2.05, 4.69) is 66.1 Å². The van der Waals surface area contributed by atoms with E-state index in [-0.39, 0.29) is 7.69 Å². The van der Waals surface area contributed by atoms with E-state index < -0.39 is 0 Å². The normalized spacial score (nSPS) is 16.5. The van der Waals surface area contributed by atoms with Gasteiger partial charge in [-0.05, 0) is 52.9 Å². The molecule has 1 aromatic rings. The van der Waals surface area contributed by atoms with Crippen LogP contribution in [-0.2, 0) is 6.66 Å². The monoisotopic (exact) mass is 308 g/mol. The topological polar surface area (TPSA) is 25.2 Å². The number of hydrogen-bond acceptors (Lipinski definition) is 2. The summed E-state index contributed by atoms with van der Waals surface area (Å²) in [5.74, 6) is 8.45. The highest BCUT2D eigenvalue weighted by Gasteiger charge is 2.01. The van der Waals surface area contributed by atoms with Gasteiger partial charge in [0.25, 0.3) is 0 Å². The van der Waals surface area contributed by atoms with Crippen molar-refractivity contribution in [1.82, 2.24) is 4.75 Å². The van der Waals surface area contributed by atoms with Crippen LogP contribution in [0, 0.1) is 11.8 Å². The minimum absolute atomic E-state index is 0.341. The van der Waals surface area contributed by atoms with Gasteiger partial charge in [0.15, 0.2) is 0 Å². The summed E-state index contributed by atoms with van der Waals surface area (Å²) in [6.07, 6.45) is 13.1. The minimum Gasteiger partial charge on any atom is -0.256 e. The molecule has 0 spiro atoms. The van der Waals surface area contributed by atoms with Crippen LogP contribution in [0.2, 0.25) is 0 Å². The van der Waals surface area contributed by atoms with Crippen molar-refractivity contribution >= 4 is 13.9 Å². The molecule has 0 aromatic carbocycles. The van der Waals surface area contributed by atoms with Crippen LogP contribution < -0.4 is 0 Å². The van der Waals surface area contributed by atoms with Crippen molar-refractivity contribution in [3.8, 4) is 11.8 Å². The fraction of sp³-hybridized carbons (Fsp3) is 0.263. The van der Waals surface area contributed by atoms with Gasteiger partial charge in [0.2, 0.25) is 0 Å². The standard InChI is InChI=1S/C19H21N2P/c1-5-17(9-10-18-13-21-22(4)14-18)12-20-19-8-6-7-15(2)11-16(19)3/h5,7-8,11-14H,6H2,1-4H3/b17-5+,20-12?. The molecule has 0 amide bonds. The Morgan fingerprint density at radius 2 is 2.18 bits per heavy atom. The van der Waals surface area contributed by atoms with E-state index in [4.69, 9.17) is 0 Å². The third-order valence-corrected chi connectivity index (χ3v) is 4.44. The zero-order valence-electron chi connectivity index (χ0n) is 13.6. The summed E-state index contributed by atoms with van der Waals surface area (Å²) in [7, 11) is -0.341. The quantitative estimate of drug-likeness (QED) is 0.547. The minimum atomic E-state index is -0.341. The first-order valence-corrected chi connectivity index (χ1v) is 9.16. The van der Waals surface area contributed by atoms with Crippen LogP contribution >= 0.6 is 7.69 Å². The van der Waals surface area contributed by atoms with Crippen molar-refractivity contribution in [2.24, 2.45) is 11.7 Å². The molecule has 22 heavy (non-hydrogen) atoms. The van der Waals surface area contributed by atoms with Gasteiger partial charge in [-0.25, -0.2) is 4.75 Å². The van der Waals surface area contributed by atoms with Crippen LogP contribution in [0.1, 0.15) is 32.8 Å². The fourth-order valence-electron chi connectivity index (χ4n) is 2.09. The highest BCUT2D eigenvalue weighted by molar-refractivity contribution is 7.43. The van der Waals surface area contributed by atoms with Gasteiger partial charge in [-0.1, -0.05) is 41.7 Å². The van der Waals surface area contributed by atoms with Crippen molar-refractivity contribution in [2.75, 3.05) is 0 Å². The zero-order valence-corrected chi connectivity index (χ0v) is 14.5. The van der Waals surface area contributed by atoms with Crippen molar-refractivity contribution in [3.05, 3.63) is 64.3 Å². The highest BCUT2D eigenvalue weighted by Crippen LogP contribution is 2.20. The maximum absolute atomic E-state index is 4.60. The van der Waals surface area contributed by atoms with Crippen LogP contribution in [0.25, 0.3) is 0 Å². The Hall–Kier alpha value is -2.10. The van der Waals surface area contributed by atoms with Crippen LogP contribution in [0.15, 0.2) is 63.7 Å². The Kier molecular flexibility index (Phi) is 5.75. The lowest BCUT2D eigenvalue weighted by Gasteiger charge is -2.00. The summed E-state index contributed by atoms with van der Waals surface area (Å²) in [5, 5.41) is 0. The van der Waals surface area contributed by atoms with Crippen molar-refractivity contribution in [3.63, 3.8) is 0 Å². The number of aromatic nitrogens is 1. The number of nitrogens with zero attached hydrogens (tertiary/aromatic N) is 2. The molecular weight excluding hydrogens is 287 g/mol. The molecule has 0 radical (unpaired) electrons. The molecule has 112 valence electrons. The summed E-state index contributed by atoms with van der Waals surface area (Å²) in [4.78, 5) is 4.60. The smallest absolute Gasteiger partial charge is 0.0622 e. The fourth-order valence-corrected chi connectivity index (χ4v) is 3.00. The predicted octanol–water partition coefficient (Wildman–Crippen LogP) is 5.15. The van der Waals surface area contributed by atoms with E-state index in [1.54, 1.807) is 0 Å². The molecule has 1 heterocycles. The molecule has 1 aliphatic rings. The van der Waals surface area contributed by atoms with Gasteiger partial charge in [-0.3, -0.25) is 4.99 Å². The summed E-state index contributed by atoms with van der Waals surface area (Å²) < 4.78 is 4.34. The first kappa shape index (κ1) is 16.3. The lowest BCUT2D eigenvalue weighted by molar-refractivity contribution is 1.25. The van der Waals surface area contributed by atoms with E-state index in [1.165, 1.54) is 11.1 Å². The molecular formula is C19H21N2P. The zero-order chi connectivity index (χ0) is 15.9. The maximum Gasteiger partial charge on any atom is 0.0622 e.